The lowest BCUT2D eigenvalue weighted by Gasteiger charge is -2.20. The second kappa shape index (κ2) is 8.41. The monoisotopic (exact) mass is 405 g/mol. The molecule has 0 fully saturated rings. The lowest BCUT2D eigenvalue weighted by molar-refractivity contribution is -0.137. The van der Waals surface area contributed by atoms with Crippen LogP contribution in [0.25, 0.3) is 11.4 Å². The largest absolute Gasteiger partial charge is 0.481 e. The molecule has 0 bridgehead atoms. The van der Waals surface area contributed by atoms with Crippen LogP contribution >= 0.6 is 23.2 Å². The van der Waals surface area contributed by atoms with Crippen molar-refractivity contribution in [1.29, 1.82) is 0 Å². The lowest BCUT2D eigenvalue weighted by Crippen LogP contribution is -2.37. The van der Waals surface area contributed by atoms with Gasteiger partial charge in [-0.2, -0.15) is 4.98 Å². The molecule has 0 radical (unpaired) electrons. The number of aromatic nitrogens is 2. The van der Waals surface area contributed by atoms with Crippen molar-refractivity contribution in [2.24, 2.45) is 0 Å². The summed E-state index contributed by atoms with van der Waals surface area (Å²) in [7, 11) is 1.65. The SMILES string of the molecule is C[C@@H](Oc1ccc(Cl)cc1)C(=O)N(C)Cc1nc(-c2ccc(Cl)cc2)no1. The Bertz CT molecular complexity index is 911. The number of nitrogens with zero attached hydrogens (tertiary/aromatic N) is 3. The Morgan fingerprint density at radius 3 is 2.33 bits per heavy atom. The van der Waals surface area contributed by atoms with E-state index in [0.717, 1.165) is 5.56 Å². The quantitative estimate of drug-likeness (QED) is 0.604. The van der Waals surface area contributed by atoms with E-state index in [-0.39, 0.29) is 12.5 Å². The minimum atomic E-state index is -0.671. The van der Waals surface area contributed by atoms with Gasteiger partial charge in [0, 0.05) is 22.7 Å². The van der Waals surface area contributed by atoms with Crippen LogP contribution in [0.4, 0.5) is 0 Å². The Hall–Kier alpha value is -2.57. The van der Waals surface area contributed by atoms with Crippen LogP contribution in [0.2, 0.25) is 10.0 Å². The molecular formula is C19H17Cl2N3O3. The van der Waals surface area contributed by atoms with Crippen molar-refractivity contribution in [3.63, 3.8) is 0 Å². The fourth-order valence-corrected chi connectivity index (χ4v) is 2.65. The van der Waals surface area contributed by atoms with E-state index in [1.165, 1.54) is 4.90 Å². The van der Waals surface area contributed by atoms with Crippen molar-refractivity contribution in [3.8, 4) is 17.1 Å². The van der Waals surface area contributed by atoms with Crippen molar-refractivity contribution < 1.29 is 14.1 Å². The number of ether oxygens (including phenoxy) is 1. The van der Waals surface area contributed by atoms with Gasteiger partial charge in [0.2, 0.25) is 11.7 Å². The fraction of sp³-hybridized carbons (Fsp3) is 0.211. The molecule has 0 aliphatic carbocycles. The number of rotatable bonds is 6. The van der Waals surface area contributed by atoms with E-state index in [4.69, 9.17) is 32.5 Å². The highest BCUT2D eigenvalue weighted by atomic mass is 35.5. The molecule has 1 heterocycles. The Kier molecular flexibility index (Phi) is 5.98. The number of halogens is 2. The van der Waals surface area contributed by atoms with Crippen LogP contribution in [0.1, 0.15) is 12.8 Å². The van der Waals surface area contributed by atoms with Crippen LogP contribution in [0.15, 0.2) is 53.1 Å². The molecule has 140 valence electrons. The third-order valence-corrected chi connectivity index (χ3v) is 4.30. The molecule has 0 N–H and O–H groups in total. The minimum absolute atomic E-state index is 0.174. The zero-order valence-corrected chi connectivity index (χ0v) is 16.2. The molecule has 0 aliphatic heterocycles. The van der Waals surface area contributed by atoms with Gasteiger partial charge in [-0.3, -0.25) is 4.79 Å². The zero-order chi connectivity index (χ0) is 19.4. The summed E-state index contributed by atoms with van der Waals surface area (Å²) >= 11 is 11.7. The van der Waals surface area contributed by atoms with Gasteiger partial charge >= 0.3 is 0 Å². The van der Waals surface area contributed by atoms with Crippen molar-refractivity contribution >= 4 is 29.1 Å². The van der Waals surface area contributed by atoms with Crippen LogP contribution < -0.4 is 4.74 Å². The first kappa shape index (κ1) is 19.2. The molecule has 3 rings (SSSR count). The highest BCUT2D eigenvalue weighted by molar-refractivity contribution is 6.30. The number of hydrogen-bond acceptors (Lipinski definition) is 5. The van der Waals surface area contributed by atoms with Crippen LogP contribution in [0, 0.1) is 0 Å². The van der Waals surface area contributed by atoms with Crippen LogP contribution in [0.5, 0.6) is 5.75 Å². The summed E-state index contributed by atoms with van der Waals surface area (Å²) in [6.07, 6.45) is -0.671. The Labute approximate surface area is 166 Å². The highest BCUT2D eigenvalue weighted by Crippen LogP contribution is 2.20. The molecule has 1 atom stereocenters. The molecule has 1 aromatic heterocycles. The number of hydrogen-bond donors (Lipinski definition) is 0. The van der Waals surface area contributed by atoms with E-state index in [2.05, 4.69) is 10.1 Å². The van der Waals surface area contributed by atoms with Crippen LogP contribution in [-0.4, -0.2) is 34.1 Å². The maximum absolute atomic E-state index is 12.5. The minimum Gasteiger partial charge on any atom is -0.481 e. The summed E-state index contributed by atoms with van der Waals surface area (Å²) in [6.45, 7) is 1.86. The summed E-state index contributed by atoms with van der Waals surface area (Å²) in [5.74, 6) is 1.12. The molecule has 0 saturated carbocycles. The number of likely N-dealkylation sites (N-methyl/N-ethyl adjacent to an activating group) is 1. The second-order valence-electron chi connectivity index (χ2n) is 5.93. The van der Waals surface area contributed by atoms with E-state index >= 15 is 0 Å². The van der Waals surface area contributed by atoms with E-state index in [1.807, 2.05) is 0 Å². The first-order chi connectivity index (χ1) is 12.9. The molecule has 8 heteroatoms. The van der Waals surface area contributed by atoms with Crippen molar-refractivity contribution in [3.05, 3.63) is 64.5 Å². The number of carbonyl (C=O) groups is 1. The van der Waals surface area contributed by atoms with Crippen LogP contribution in [-0.2, 0) is 11.3 Å². The van der Waals surface area contributed by atoms with Crippen molar-refractivity contribution in [2.75, 3.05) is 7.05 Å². The second-order valence-corrected chi connectivity index (χ2v) is 6.80. The van der Waals surface area contributed by atoms with Crippen molar-refractivity contribution in [1.82, 2.24) is 15.0 Å². The number of amides is 1. The lowest BCUT2D eigenvalue weighted by atomic mass is 10.2. The van der Waals surface area contributed by atoms with E-state index in [9.17, 15) is 4.79 Å². The van der Waals surface area contributed by atoms with Gasteiger partial charge in [-0.1, -0.05) is 28.4 Å². The summed E-state index contributed by atoms with van der Waals surface area (Å²) < 4.78 is 10.9. The smallest absolute Gasteiger partial charge is 0.263 e. The molecule has 3 aromatic rings. The first-order valence-corrected chi connectivity index (χ1v) is 8.93. The standard InChI is InChI=1S/C19H17Cl2N3O3/c1-12(26-16-9-7-15(21)8-10-16)19(25)24(2)11-17-22-18(23-27-17)13-3-5-14(20)6-4-13/h3-10,12H,11H2,1-2H3/t12-/m1/s1. The van der Waals surface area contributed by atoms with Gasteiger partial charge in [0.1, 0.15) is 5.75 Å². The molecule has 6 nitrogen and oxygen atoms in total. The van der Waals surface area contributed by atoms with E-state index in [0.29, 0.717) is 27.5 Å². The summed E-state index contributed by atoms with van der Waals surface area (Å²) in [5.41, 5.74) is 0.780. The maximum atomic E-state index is 12.5. The first-order valence-electron chi connectivity index (χ1n) is 8.18. The predicted molar refractivity (Wildman–Crippen MR) is 103 cm³/mol. The maximum Gasteiger partial charge on any atom is 0.263 e. The van der Waals surface area contributed by atoms with E-state index < -0.39 is 6.10 Å². The molecule has 2 aromatic carbocycles. The molecule has 0 unspecified atom stereocenters. The summed E-state index contributed by atoms with van der Waals surface area (Å²) in [5, 5.41) is 5.17. The molecule has 1 amide bonds. The average Bonchev–Trinajstić information content (AvgIpc) is 3.12. The number of benzene rings is 2. The van der Waals surface area contributed by atoms with Gasteiger partial charge in [0.05, 0.1) is 6.54 Å². The Morgan fingerprint density at radius 1 is 1.11 bits per heavy atom. The summed E-state index contributed by atoms with van der Waals surface area (Å²) in [6, 6.07) is 13.9. The summed E-state index contributed by atoms with van der Waals surface area (Å²) in [4.78, 5) is 18.3. The van der Waals surface area contributed by atoms with Gasteiger partial charge in [-0.25, -0.2) is 0 Å². The predicted octanol–water partition coefficient (Wildman–Crippen LogP) is 4.47. The third kappa shape index (κ3) is 4.99. The van der Waals surface area contributed by atoms with Gasteiger partial charge in [0.25, 0.3) is 5.91 Å². The van der Waals surface area contributed by atoms with Gasteiger partial charge in [-0.05, 0) is 55.5 Å². The van der Waals surface area contributed by atoms with Crippen LogP contribution in [0.3, 0.4) is 0 Å². The van der Waals surface area contributed by atoms with Gasteiger partial charge < -0.3 is 14.2 Å². The fourth-order valence-electron chi connectivity index (χ4n) is 2.39. The Morgan fingerprint density at radius 2 is 1.70 bits per heavy atom. The normalized spacial score (nSPS) is 11.9. The molecule has 27 heavy (non-hydrogen) atoms. The zero-order valence-electron chi connectivity index (χ0n) is 14.7. The van der Waals surface area contributed by atoms with Gasteiger partial charge in [0.15, 0.2) is 6.10 Å². The highest BCUT2D eigenvalue weighted by Gasteiger charge is 2.21. The molecule has 0 aliphatic rings. The van der Waals surface area contributed by atoms with Gasteiger partial charge in [-0.15, -0.1) is 0 Å². The third-order valence-electron chi connectivity index (χ3n) is 3.79. The number of carbonyl (C=O) groups excluding carboxylic acids is 1. The average molecular weight is 406 g/mol. The molecule has 0 spiro atoms. The molecular weight excluding hydrogens is 389 g/mol. The van der Waals surface area contributed by atoms with E-state index in [1.54, 1.807) is 62.5 Å². The molecule has 0 saturated heterocycles. The topological polar surface area (TPSA) is 68.5 Å². The Balaban J connectivity index is 1.60. The van der Waals surface area contributed by atoms with Crippen molar-refractivity contribution in [2.45, 2.75) is 19.6 Å².